The summed E-state index contributed by atoms with van der Waals surface area (Å²) in [5, 5.41) is 0. The molecule has 2 N–H and O–H groups in total. The molecule has 1 saturated carbocycles. The van der Waals surface area contributed by atoms with Crippen molar-refractivity contribution in [2.45, 2.75) is 51.4 Å². The molecule has 1 aliphatic carbocycles. The van der Waals surface area contributed by atoms with Crippen LogP contribution in [0.4, 0.5) is 0 Å². The second-order valence-corrected chi connectivity index (χ2v) is 5.00. The smallest absolute Gasteiger partial charge is 0.222 e. The third-order valence-electron chi connectivity index (χ3n) is 3.62. The molecule has 1 rings (SSSR count). The zero-order valence-corrected chi connectivity index (χ0v) is 11.8. The van der Waals surface area contributed by atoms with E-state index >= 15 is 0 Å². The molecule has 0 heterocycles. The van der Waals surface area contributed by atoms with Gasteiger partial charge in [0.05, 0.1) is 0 Å². The summed E-state index contributed by atoms with van der Waals surface area (Å²) in [6.45, 7) is 1.54. The Morgan fingerprint density at radius 2 is 1.94 bits per heavy atom. The Hall–Kier alpha value is -0.280. The van der Waals surface area contributed by atoms with E-state index in [1.54, 1.807) is 0 Å². The van der Waals surface area contributed by atoms with Gasteiger partial charge in [0.2, 0.25) is 5.91 Å². The van der Waals surface area contributed by atoms with Crippen molar-refractivity contribution >= 4 is 18.3 Å². The quantitative estimate of drug-likeness (QED) is 0.800. The summed E-state index contributed by atoms with van der Waals surface area (Å²) < 4.78 is 0. The number of hydrogen-bond acceptors (Lipinski definition) is 2. The zero-order chi connectivity index (χ0) is 11.8. The van der Waals surface area contributed by atoms with Crippen molar-refractivity contribution in [3.63, 3.8) is 0 Å². The molecule has 0 spiro atoms. The molecule has 0 atom stereocenters. The van der Waals surface area contributed by atoms with E-state index in [4.69, 9.17) is 5.73 Å². The van der Waals surface area contributed by atoms with Gasteiger partial charge in [0.25, 0.3) is 0 Å². The van der Waals surface area contributed by atoms with Crippen molar-refractivity contribution < 1.29 is 4.79 Å². The molecule has 0 aliphatic heterocycles. The average Bonchev–Trinajstić information content (AvgIpc) is 2.34. The first-order valence-electron chi connectivity index (χ1n) is 6.68. The summed E-state index contributed by atoms with van der Waals surface area (Å²) in [4.78, 5) is 13.5. The molecular weight excluding hydrogens is 236 g/mol. The van der Waals surface area contributed by atoms with Crippen LogP contribution in [0.15, 0.2) is 0 Å². The lowest BCUT2D eigenvalue weighted by atomic mass is 9.87. The van der Waals surface area contributed by atoms with Crippen molar-refractivity contribution in [2.24, 2.45) is 11.7 Å². The minimum atomic E-state index is 0. The molecule has 0 aromatic rings. The fourth-order valence-corrected chi connectivity index (χ4v) is 2.42. The van der Waals surface area contributed by atoms with Crippen LogP contribution >= 0.6 is 12.4 Å². The van der Waals surface area contributed by atoms with Crippen LogP contribution < -0.4 is 5.73 Å². The van der Waals surface area contributed by atoms with Crippen molar-refractivity contribution in [3.8, 4) is 0 Å². The van der Waals surface area contributed by atoms with Crippen molar-refractivity contribution in [1.82, 2.24) is 4.90 Å². The Balaban J connectivity index is 0.00000256. The molecule has 1 fully saturated rings. The lowest BCUT2D eigenvalue weighted by molar-refractivity contribution is -0.130. The minimum absolute atomic E-state index is 0. The van der Waals surface area contributed by atoms with Crippen molar-refractivity contribution in [2.75, 3.05) is 20.1 Å². The molecule has 0 bridgehead atoms. The molecular formula is C13H27ClN2O. The van der Waals surface area contributed by atoms with E-state index in [2.05, 4.69) is 0 Å². The molecule has 102 valence electrons. The van der Waals surface area contributed by atoms with E-state index in [9.17, 15) is 4.79 Å². The number of halogens is 1. The summed E-state index contributed by atoms with van der Waals surface area (Å²) >= 11 is 0. The Morgan fingerprint density at radius 3 is 2.53 bits per heavy atom. The van der Waals surface area contributed by atoms with Crippen LogP contribution in [0.2, 0.25) is 0 Å². The van der Waals surface area contributed by atoms with Gasteiger partial charge in [-0.05, 0) is 25.3 Å². The minimum Gasteiger partial charge on any atom is -0.346 e. The van der Waals surface area contributed by atoms with Gasteiger partial charge in [-0.3, -0.25) is 4.79 Å². The maximum atomic E-state index is 11.6. The molecule has 4 heteroatoms. The van der Waals surface area contributed by atoms with E-state index in [1.165, 1.54) is 38.5 Å². The molecule has 3 nitrogen and oxygen atoms in total. The highest BCUT2D eigenvalue weighted by Gasteiger charge is 2.15. The van der Waals surface area contributed by atoms with Crippen LogP contribution in [0.25, 0.3) is 0 Å². The highest BCUT2D eigenvalue weighted by atomic mass is 35.5. The van der Waals surface area contributed by atoms with Gasteiger partial charge >= 0.3 is 0 Å². The molecule has 1 aliphatic rings. The predicted molar refractivity (Wildman–Crippen MR) is 74.4 cm³/mol. The molecule has 0 unspecified atom stereocenters. The third-order valence-corrected chi connectivity index (χ3v) is 3.62. The third kappa shape index (κ3) is 6.89. The largest absolute Gasteiger partial charge is 0.346 e. The van der Waals surface area contributed by atoms with Gasteiger partial charge in [-0.2, -0.15) is 0 Å². The maximum Gasteiger partial charge on any atom is 0.222 e. The summed E-state index contributed by atoms with van der Waals surface area (Å²) in [6.07, 6.45) is 9.51. The van der Waals surface area contributed by atoms with Gasteiger partial charge in [0.15, 0.2) is 0 Å². The van der Waals surface area contributed by atoms with Crippen LogP contribution in [0.1, 0.15) is 51.4 Å². The summed E-state index contributed by atoms with van der Waals surface area (Å²) in [7, 11) is 1.92. The van der Waals surface area contributed by atoms with Gasteiger partial charge < -0.3 is 10.6 Å². The molecule has 0 aromatic heterocycles. The van der Waals surface area contributed by atoms with E-state index in [1.807, 2.05) is 11.9 Å². The first-order valence-corrected chi connectivity index (χ1v) is 6.68. The van der Waals surface area contributed by atoms with Crippen molar-refractivity contribution in [3.05, 3.63) is 0 Å². The standard InChI is InChI=1S/C13H26N2O.ClH/c1-15(13(16)8-5-10-14)11-9-12-6-3-2-4-7-12;/h12H,2-11,14H2,1H3;1H. The SMILES string of the molecule is CN(CCC1CCCCC1)C(=O)CCCN.Cl. The van der Waals surface area contributed by atoms with Gasteiger partial charge in [-0.1, -0.05) is 32.1 Å². The number of rotatable bonds is 6. The highest BCUT2D eigenvalue weighted by Crippen LogP contribution is 2.26. The monoisotopic (exact) mass is 262 g/mol. The van der Waals surface area contributed by atoms with Crippen molar-refractivity contribution in [1.29, 1.82) is 0 Å². The molecule has 1 amide bonds. The first kappa shape index (κ1) is 16.7. The number of nitrogens with zero attached hydrogens (tertiary/aromatic N) is 1. The van der Waals surface area contributed by atoms with Gasteiger partial charge in [-0.15, -0.1) is 12.4 Å². The number of amides is 1. The number of carbonyl (C=O) groups excluding carboxylic acids is 1. The molecule has 0 aromatic carbocycles. The van der Waals surface area contributed by atoms with E-state index in [0.29, 0.717) is 13.0 Å². The number of hydrogen-bond donors (Lipinski definition) is 1. The maximum absolute atomic E-state index is 11.6. The summed E-state index contributed by atoms with van der Waals surface area (Å²) in [5.74, 6) is 1.11. The van der Waals surface area contributed by atoms with Crippen LogP contribution in [0.3, 0.4) is 0 Å². The average molecular weight is 263 g/mol. The van der Waals surface area contributed by atoms with Crippen LogP contribution in [-0.2, 0) is 4.79 Å². The molecule has 0 saturated heterocycles. The van der Waals surface area contributed by atoms with Gasteiger partial charge in [0.1, 0.15) is 0 Å². The van der Waals surface area contributed by atoms with Gasteiger partial charge in [0, 0.05) is 20.0 Å². The Bertz CT molecular complexity index is 206. The topological polar surface area (TPSA) is 46.3 Å². The normalized spacial score (nSPS) is 16.4. The lowest BCUT2D eigenvalue weighted by Gasteiger charge is -2.24. The first-order chi connectivity index (χ1) is 7.74. The molecule has 17 heavy (non-hydrogen) atoms. The molecule has 0 radical (unpaired) electrons. The number of nitrogens with two attached hydrogens (primary N) is 1. The van der Waals surface area contributed by atoms with Gasteiger partial charge in [-0.25, -0.2) is 0 Å². The van der Waals surface area contributed by atoms with Crippen LogP contribution in [0, 0.1) is 5.92 Å². The highest BCUT2D eigenvalue weighted by molar-refractivity contribution is 5.85. The Kier molecular flexibility index (Phi) is 9.56. The Labute approximate surface area is 112 Å². The second kappa shape index (κ2) is 9.72. The lowest BCUT2D eigenvalue weighted by Crippen LogP contribution is -2.29. The fraction of sp³-hybridized carbons (Fsp3) is 0.923. The van der Waals surface area contributed by atoms with Crippen LogP contribution in [-0.4, -0.2) is 30.9 Å². The summed E-state index contributed by atoms with van der Waals surface area (Å²) in [6, 6.07) is 0. The van der Waals surface area contributed by atoms with E-state index in [0.717, 1.165) is 18.9 Å². The second-order valence-electron chi connectivity index (χ2n) is 5.00. The van der Waals surface area contributed by atoms with Crippen LogP contribution in [0.5, 0.6) is 0 Å². The zero-order valence-electron chi connectivity index (χ0n) is 11.0. The summed E-state index contributed by atoms with van der Waals surface area (Å²) in [5.41, 5.74) is 5.40. The number of carbonyl (C=O) groups is 1. The predicted octanol–water partition coefficient (Wildman–Crippen LogP) is 2.58. The van der Waals surface area contributed by atoms with E-state index < -0.39 is 0 Å². The Morgan fingerprint density at radius 1 is 1.29 bits per heavy atom. The van der Waals surface area contributed by atoms with E-state index in [-0.39, 0.29) is 18.3 Å². The fourth-order valence-electron chi connectivity index (χ4n) is 2.42.